The summed E-state index contributed by atoms with van der Waals surface area (Å²) in [4.78, 5) is 0. The minimum atomic E-state index is 0.671. The summed E-state index contributed by atoms with van der Waals surface area (Å²) in [6.45, 7) is 0.890. The maximum atomic E-state index is 6.38. The minimum Gasteiger partial charge on any atom is -0.496 e. The first-order valence-corrected chi connectivity index (χ1v) is 8.80. The van der Waals surface area contributed by atoms with Gasteiger partial charge in [0.15, 0.2) is 0 Å². The average Bonchev–Trinajstić information content (AvgIpc) is 3.18. The highest BCUT2D eigenvalue weighted by molar-refractivity contribution is 9.10. The molecule has 1 aliphatic rings. The number of aromatic nitrogens is 2. The van der Waals surface area contributed by atoms with Crippen molar-refractivity contribution in [1.82, 2.24) is 9.78 Å². The molecule has 0 unspecified atom stereocenters. The maximum Gasteiger partial charge on any atom is 0.133 e. The number of hydrogen-bond acceptors (Lipinski definition) is 3. The van der Waals surface area contributed by atoms with Gasteiger partial charge >= 0.3 is 0 Å². The molecule has 24 heavy (non-hydrogen) atoms. The quantitative estimate of drug-likeness (QED) is 0.672. The number of methoxy groups -OCH3 is 1. The van der Waals surface area contributed by atoms with Crippen molar-refractivity contribution in [1.29, 1.82) is 0 Å². The maximum absolute atomic E-state index is 6.38. The van der Waals surface area contributed by atoms with E-state index in [1.807, 2.05) is 47.1 Å². The zero-order chi connectivity index (χ0) is 16.7. The van der Waals surface area contributed by atoms with Gasteiger partial charge < -0.3 is 10.1 Å². The first kappa shape index (κ1) is 15.5. The Morgan fingerprint density at radius 1 is 1.25 bits per heavy atom. The lowest BCUT2D eigenvalue weighted by molar-refractivity contribution is 0.416. The van der Waals surface area contributed by atoms with Crippen LogP contribution < -0.4 is 10.1 Å². The number of benzene rings is 2. The number of hydrogen-bond donors (Lipinski definition) is 1. The Hall–Kier alpha value is -1.98. The standard InChI is InChI=1S/C18H15BrClN3O/c1-24-16-7-6-11(19)10-13(16)17-12-8-9-21-18(12)23(22-17)15-5-3-2-4-14(15)20/h2-7,10,21H,8-9H2,1H3. The lowest BCUT2D eigenvalue weighted by Crippen LogP contribution is -2.04. The first-order valence-electron chi connectivity index (χ1n) is 7.63. The van der Waals surface area contributed by atoms with E-state index in [0.29, 0.717) is 5.02 Å². The molecule has 2 aromatic carbocycles. The molecular formula is C18H15BrClN3O. The summed E-state index contributed by atoms with van der Waals surface area (Å²) in [6.07, 6.45) is 0.921. The van der Waals surface area contributed by atoms with E-state index in [4.69, 9.17) is 21.4 Å². The molecule has 0 bridgehead atoms. The van der Waals surface area contributed by atoms with Gasteiger partial charge in [-0.3, -0.25) is 0 Å². The van der Waals surface area contributed by atoms with Crippen LogP contribution in [0.4, 0.5) is 5.82 Å². The molecule has 122 valence electrons. The first-order chi connectivity index (χ1) is 11.7. The Morgan fingerprint density at radius 2 is 2.08 bits per heavy atom. The summed E-state index contributed by atoms with van der Waals surface area (Å²) in [5.41, 5.74) is 3.95. The van der Waals surface area contributed by atoms with E-state index in [2.05, 4.69) is 21.2 Å². The second-order valence-electron chi connectivity index (χ2n) is 5.56. The van der Waals surface area contributed by atoms with E-state index in [-0.39, 0.29) is 0 Å². The van der Waals surface area contributed by atoms with Gasteiger partial charge in [-0.25, -0.2) is 4.68 Å². The van der Waals surface area contributed by atoms with Gasteiger partial charge in [0, 0.05) is 22.1 Å². The van der Waals surface area contributed by atoms with Crippen molar-refractivity contribution < 1.29 is 4.74 Å². The molecule has 4 rings (SSSR count). The highest BCUT2D eigenvalue weighted by Gasteiger charge is 2.26. The van der Waals surface area contributed by atoms with E-state index < -0.39 is 0 Å². The summed E-state index contributed by atoms with van der Waals surface area (Å²) < 4.78 is 8.42. The van der Waals surface area contributed by atoms with Crippen LogP contribution in [0.3, 0.4) is 0 Å². The Kier molecular flexibility index (Phi) is 3.98. The van der Waals surface area contributed by atoms with Crippen LogP contribution in [0, 0.1) is 0 Å². The minimum absolute atomic E-state index is 0.671. The predicted molar refractivity (Wildman–Crippen MR) is 100 cm³/mol. The lowest BCUT2D eigenvalue weighted by Gasteiger charge is -2.09. The lowest BCUT2D eigenvalue weighted by atomic mass is 10.1. The van der Waals surface area contributed by atoms with E-state index in [1.54, 1.807) is 7.11 Å². The van der Waals surface area contributed by atoms with E-state index in [1.165, 1.54) is 5.56 Å². The zero-order valence-electron chi connectivity index (χ0n) is 13.0. The number of halogens is 2. The number of fused-ring (bicyclic) bond motifs is 1. The number of ether oxygens (including phenoxy) is 1. The van der Waals surface area contributed by atoms with Gasteiger partial charge in [0.05, 0.1) is 17.8 Å². The van der Waals surface area contributed by atoms with Crippen LogP contribution in [0.1, 0.15) is 5.56 Å². The number of rotatable bonds is 3. The van der Waals surface area contributed by atoms with Gasteiger partial charge in [0.25, 0.3) is 0 Å². The molecule has 1 aromatic heterocycles. The van der Waals surface area contributed by atoms with Crippen LogP contribution in [0.2, 0.25) is 5.02 Å². The fraction of sp³-hybridized carbons (Fsp3) is 0.167. The summed E-state index contributed by atoms with van der Waals surface area (Å²) >= 11 is 9.92. The van der Waals surface area contributed by atoms with Crippen molar-refractivity contribution in [2.24, 2.45) is 0 Å². The molecule has 4 nitrogen and oxygen atoms in total. The third-order valence-corrected chi connectivity index (χ3v) is 4.96. The molecule has 0 aliphatic carbocycles. The highest BCUT2D eigenvalue weighted by Crippen LogP contribution is 2.40. The molecular weight excluding hydrogens is 390 g/mol. The normalized spacial score (nSPS) is 12.8. The monoisotopic (exact) mass is 403 g/mol. The van der Waals surface area contributed by atoms with Gasteiger partial charge in [-0.2, -0.15) is 5.10 Å². The van der Waals surface area contributed by atoms with Crippen molar-refractivity contribution in [3.05, 3.63) is 57.5 Å². The molecule has 1 aliphatic heterocycles. The second kappa shape index (κ2) is 6.15. The van der Waals surface area contributed by atoms with Gasteiger partial charge in [0.1, 0.15) is 17.3 Å². The molecule has 0 radical (unpaired) electrons. The molecule has 6 heteroatoms. The van der Waals surface area contributed by atoms with Gasteiger partial charge in [-0.15, -0.1) is 0 Å². The second-order valence-corrected chi connectivity index (χ2v) is 6.88. The number of nitrogens with one attached hydrogen (secondary N) is 1. The van der Waals surface area contributed by atoms with Crippen molar-refractivity contribution in [2.45, 2.75) is 6.42 Å². The Bertz CT molecular complexity index is 923. The zero-order valence-corrected chi connectivity index (χ0v) is 15.4. The van der Waals surface area contributed by atoms with Crippen molar-refractivity contribution in [3.63, 3.8) is 0 Å². The summed E-state index contributed by atoms with van der Waals surface area (Å²) in [5.74, 6) is 1.80. The summed E-state index contributed by atoms with van der Waals surface area (Å²) in [7, 11) is 1.68. The largest absolute Gasteiger partial charge is 0.496 e. The number of nitrogens with zero attached hydrogens (tertiary/aromatic N) is 2. The van der Waals surface area contributed by atoms with Crippen LogP contribution >= 0.6 is 27.5 Å². The fourth-order valence-corrected chi connectivity index (χ4v) is 3.63. The van der Waals surface area contributed by atoms with Gasteiger partial charge in [-0.05, 0) is 36.8 Å². The van der Waals surface area contributed by atoms with Gasteiger partial charge in [0.2, 0.25) is 0 Å². The molecule has 0 fully saturated rings. The van der Waals surface area contributed by atoms with Crippen LogP contribution in [-0.4, -0.2) is 23.4 Å². The molecule has 0 spiro atoms. The third-order valence-electron chi connectivity index (χ3n) is 4.15. The third kappa shape index (κ3) is 2.48. The van der Waals surface area contributed by atoms with Crippen LogP contribution in [0.5, 0.6) is 5.75 Å². The number of para-hydroxylation sites is 1. The Labute approximate surface area is 153 Å². The van der Waals surface area contributed by atoms with Crippen LogP contribution in [0.25, 0.3) is 16.9 Å². The summed E-state index contributed by atoms with van der Waals surface area (Å²) in [5, 5.41) is 8.95. The average molecular weight is 405 g/mol. The van der Waals surface area contributed by atoms with Crippen molar-refractivity contribution in [3.8, 4) is 22.7 Å². The topological polar surface area (TPSA) is 39.1 Å². The molecule has 2 heterocycles. The molecule has 0 saturated carbocycles. The van der Waals surface area contributed by atoms with Crippen LogP contribution in [0.15, 0.2) is 46.9 Å². The van der Waals surface area contributed by atoms with Gasteiger partial charge in [-0.1, -0.05) is 39.7 Å². The fourth-order valence-electron chi connectivity index (χ4n) is 3.05. The molecule has 3 aromatic rings. The molecule has 0 atom stereocenters. The number of anilines is 1. The molecule has 1 N–H and O–H groups in total. The Balaban J connectivity index is 1.95. The smallest absolute Gasteiger partial charge is 0.133 e. The van der Waals surface area contributed by atoms with Crippen molar-refractivity contribution in [2.75, 3.05) is 19.0 Å². The molecule has 0 amide bonds. The highest BCUT2D eigenvalue weighted by atomic mass is 79.9. The van der Waals surface area contributed by atoms with E-state index >= 15 is 0 Å². The molecule has 0 saturated heterocycles. The van der Waals surface area contributed by atoms with E-state index in [0.717, 1.165) is 46.0 Å². The predicted octanol–water partition coefficient (Wildman–Crippen LogP) is 4.93. The van der Waals surface area contributed by atoms with E-state index in [9.17, 15) is 0 Å². The summed E-state index contributed by atoms with van der Waals surface area (Å²) in [6, 6.07) is 13.7. The SMILES string of the molecule is COc1ccc(Br)cc1-c1nn(-c2ccccc2Cl)c2c1CCN2. The van der Waals surface area contributed by atoms with Crippen LogP contribution in [-0.2, 0) is 6.42 Å². The Morgan fingerprint density at radius 3 is 2.88 bits per heavy atom. The van der Waals surface area contributed by atoms with Crippen molar-refractivity contribution >= 4 is 33.3 Å².